The Morgan fingerprint density at radius 1 is 1.27 bits per heavy atom. The molecule has 15 heavy (non-hydrogen) atoms. The third-order valence-electron chi connectivity index (χ3n) is 1.78. The van der Waals surface area contributed by atoms with Crippen LogP contribution in [0.2, 0.25) is 0 Å². The van der Waals surface area contributed by atoms with E-state index in [0.717, 1.165) is 15.0 Å². The number of oxazole rings is 1. The lowest BCUT2D eigenvalue weighted by Gasteiger charge is -1.94. The quantitative estimate of drug-likeness (QED) is 0.625. The second-order valence-corrected chi connectivity index (χ2v) is 5.07. The van der Waals surface area contributed by atoms with Gasteiger partial charge in [-0.25, -0.2) is 15.0 Å². The van der Waals surface area contributed by atoms with Gasteiger partial charge in [0.25, 0.3) is 5.22 Å². The highest BCUT2D eigenvalue weighted by molar-refractivity contribution is 14.1. The van der Waals surface area contributed by atoms with Gasteiger partial charge in [-0.1, -0.05) is 0 Å². The normalized spacial score (nSPS) is 10.6. The zero-order valence-electron chi connectivity index (χ0n) is 8.19. The Kier molecular flexibility index (Phi) is 3.25. The predicted octanol–water partition coefficient (Wildman–Crippen LogP) is 2.84. The van der Waals surface area contributed by atoms with Crippen LogP contribution in [0.4, 0.5) is 0 Å². The SMILES string of the molecule is Cc1nc(Sc2ncc(I)cn2)oc1C. The molecular weight excluding hydrogens is 325 g/mol. The summed E-state index contributed by atoms with van der Waals surface area (Å²) in [4.78, 5) is 12.6. The molecule has 2 aromatic rings. The van der Waals surface area contributed by atoms with E-state index in [1.807, 2.05) is 13.8 Å². The zero-order chi connectivity index (χ0) is 10.8. The fourth-order valence-corrected chi connectivity index (χ4v) is 1.91. The molecule has 6 heteroatoms. The molecule has 0 unspecified atom stereocenters. The first kappa shape index (κ1) is 10.9. The van der Waals surface area contributed by atoms with Crippen LogP contribution < -0.4 is 0 Å². The molecule has 0 amide bonds. The third kappa shape index (κ3) is 2.69. The van der Waals surface area contributed by atoms with E-state index in [9.17, 15) is 0 Å². The van der Waals surface area contributed by atoms with Crippen LogP contribution in [0.15, 0.2) is 27.2 Å². The second kappa shape index (κ2) is 4.48. The van der Waals surface area contributed by atoms with E-state index in [0.29, 0.717) is 10.4 Å². The highest BCUT2D eigenvalue weighted by Gasteiger charge is 2.08. The molecule has 0 fully saturated rings. The molecule has 0 atom stereocenters. The maximum atomic E-state index is 5.42. The maximum absolute atomic E-state index is 5.42. The number of nitrogens with zero attached hydrogens (tertiary/aromatic N) is 3. The summed E-state index contributed by atoms with van der Waals surface area (Å²) in [6, 6.07) is 0. The van der Waals surface area contributed by atoms with Gasteiger partial charge < -0.3 is 4.42 Å². The van der Waals surface area contributed by atoms with Crippen LogP contribution in [0, 0.1) is 17.4 Å². The van der Waals surface area contributed by atoms with Crippen molar-refractivity contribution in [1.29, 1.82) is 0 Å². The number of hydrogen-bond donors (Lipinski definition) is 0. The average molecular weight is 333 g/mol. The molecule has 2 heterocycles. The second-order valence-electron chi connectivity index (χ2n) is 2.91. The minimum absolute atomic E-state index is 0.589. The topological polar surface area (TPSA) is 51.8 Å². The fraction of sp³-hybridized carbons (Fsp3) is 0.222. The Hall–Kier alpha value is -0.630. The Labute approximate surface area is 105 Å². The maximum Gasteiger partial charge on any atom is 0.264 e. The van der Waals surface area contributed by atoms with Crippen LogP contribution >= 0.6 is 34.4 Å². The van der Waals surface area contributed by atoms with Crippen LogP contribution in [0.1, 0.15) is 11.5 Å². The molecule has 0 bridgehead atoms. The Morgan fingerprint density at radius 2 is 1.93 bits per heavy atom. The summed E-state index contributed by atoms with van der Waals surface area (Å²) >= 11 is 3.49. The highest BCUT2D eigenvalue weighted by atomic mass is 127. The van der Waals surface area contributed by atoms with Gasteiger partial charge in [-0.3, -0.25) is 0 Å². The minimum Gasteiger partial charge on any atom is -0.436 e. The lowest BCUT2D eigenvalue weighted by molar-refractivity contribution is 0.430. The van der Waals surface area contributed by atoms with Crippen LogP contribution in [0.5, 0.6) is 0 Å². The molecule has 0 N–H and O–H groups in total. The van der Waals surface area contributed by atoms with Gasteiger partial charge in [-0.2, -0.15) is 0 Å². The van der Waals surface area contributed by atoms with Gasteiger partial charge >= 0.3 is 0 Å². The van der Waals surface area contributed by atoms with Gasteiger partial charge in [0, 0.05) is 27.7 Å². The molecule has 0 saturated heterocycles. The molecular formula is C9H8IN3OS. The lowest BCUT2D eigenvalue weighted by atomic mass is 10.4. The summed E-state index contributed by atoms with van der Waals surface area (Å²) in [6.45, 7) is 3.80. The molecule has 0 aliphatic heterocycles. The van der Waals surface area contributed by atoms with Gasteiger partial charge in [0.05, 0.1) is 5.69 Å². The Balaban J connectivity index is 2.18. The minimum atomic E-state index is 0.589. The van der Waals surface area contributed by atoms with Crippen molar-refractivity contribution < 1.29 is 4.42 Å². The van der Waals surface area contributed by atoms with Crippen molar-refractivity contribution in [3.8, 4) is 0 Å². The summed E-state index contributed by atoms with van der Waals surface area (Å²) < 4.78 is 6.43. The van der Waals surface area contributed by atoms with Gasteiger partial charge in [-0.15, -0.1) is 0 Å². The van der Waals surface area contributed by atoms with E-state index in [-0.39, 0.29) is 0 Å². The summed E-state index contributed by atoms with van der Waals surface area (Å²) in [5.74, 6) is 0.836. The van der Waals surface area contributed by atoms with E-state index in [4.69, 9.17) is 4.42 Å². The summed E-state index contributed by atoms with van der Waals surface area (Å²) in [7, 11) is 0. The first-order chi connectivity index (χ1) is 7.15. The van der Waals surface area contributed by atoms with Gasteiger partial charge in [0.15, 0.2) is 5.16 Å². The van der Waals surface area contributed by atoms with E-state index >= 15 is 0 Å². The molecule has 0 radical (unpaired) electrons. The van der Waals surface area contributed by atoms with Crippen molar-refractivity contribution in [3.05, 3.63) is 27.4 Å². The Bertz CT molecular complexity index is 449. The van der Waals surface area contributed by atoms with Gasteiger partial charge in [0.2, 0.25) is 0 Å². The van der Waals surface area contributed by atoms with Crippen LogP contribution in [-0.2, 0) is 0 Å². The van der Waals surface area contributed by atoms with Crippen LogP contribution in [-0.4, -0.2) is 15.0 Å². The van der Waals surface area contributed by atoms with Crippen LogP contribution in [0.25, 0.3) is 0 Å². The molecule has 2 aromatic heterocycles. The van der Waals surface area contributed by atoms with Crippen molar-refractivity contribution >= 4 is 34.4 Å². The lowest BCUT2D eigenvalue weighted by Crippen LogP contribution is -1.86. The molecule has 0 aliphatic rings. The summed E-state index contributed by atoms with van der Waals surface area (Å²) in [5, 5.41) is 1.24. The zero-order valence-corrected chi connectivity index (χ0v) is 11.2. The van der Waals surface area contributed by atoms with Gasteiger partial charge in [0.1, 0.15) is 5.76 Å². The summed E-state index contributed by atoms with van der Waals surface area (Å²) in [6.07, 6.45) is 3.52. The van der Waals surface area contributed by atoms with E-state index in [1.54, 1.807) is 12.4 Å². The van der Waals surface area contributed by atoms with E-state index in [1.165, 1.54) is 11.8 Å². The Morgan fingerprint density at radius 3 is 2.47 bits per heavy atom. The standard InChI is InChI=1S/C9H8IN3OS/c1-5-6(2)14-9(13-5)15-8-11-3-7(10)4-12-8/h3-4H,1-2H3. The molecule has 4 nitrogen and oxygen atoms in total. The van der Waals surface area contributed by atoms with Crippen molar-refractivity contribution in [2.24, 2.45) is 0 Å². The van der Waals surface area contributed by atoms with Crippen molar-refractivity contribution in [2.75, 3.05) is 0 Å². The number of rotatable bonds is 2. The predicted molar refractivity (Wildman–Crippen MR) is 64.8 cm³/mol. The van der Waals surface area contributed by atoms with Gasteiger partial charge in [-0.05, 0) is 36.4 Å². The molecule has 0 spiro atoms. The smallest absolute Gasteiger partial charge is 0.264 e. The first-order valence-corrected chi connectivity index (χ1v) is 6.14. The highest BCUT2D eigenvalue weighted by Crippen LogP contribution is 2.25. The van der Waals surface area contributed by atoms with E-state index in [2.05, 4.69) is 37.5 Å². The number of aromatic nitrogens is 3. The molecule has 0 aliphatic carbocycles. The van der Waals surface area contributed by atoms with Crippen molar-refractivity contribution in [2.45, 2.75) is 24.2 Å². The van der Waals surface area contributed by atoms with Crippen molar-refractivity contribution in [3.63, 3.8) is 0 Å². The number of halogens is 1. The third-order valence-corrected chi connectivity index (χ3v) is 3.08. The largest absolute Gasteiger partial charge is 0.436 e. The van der Waals surface area contributed by atoms with Crippen molar-refractivity contribution in [1.82, 2.24) is 15.0 Å². The molecule has 0 aromatic carbocycles. The monoisotopic (exact) mass is 333 g/mol. The molecule has 2 rings (SSSR count). The molecule has 0 saturated carbocycles. The number of aryl methyl sites for hydroxylation is 2. The fourth-order valence-electron chi connectivity index (χ4n) is 0.918. The first-order valence-electron chi connectivity index (χ1n) is 4.24. The van der Waals surface area contributed by atoms with Crippen LogP contribution in [0.3, 0.4) is 0 Å². The average Bonchev–Trinajstić information content (AvgIpc) is 2.50. The van der Waals surface area contributed by atoms with E-state index < -0.39 is 0 Å². The summed E-state index contributed by atoms with van der Waals surface area (Å²) in [5.41, 5.74) is 0.906. The molecule has 78 valence electrons. The number of hydrogen-bond acceptors (Lipinski definition) is 5.